The van der Waals surface area contributed by atoms with Crippen LogP contribution in [0.15, 0.2) is 18.2 Å². The first-order valence-corrected chi connectivity index (χ1v) is 6.22. The number of carbonyl (C=O) groups is 2. The largest absolute Gasteiger partial charge is 0.399 e. The molecule has 6 heteroatoms. The van der Waals surface area contributed by atoms with Crippen LogP contribution in [0.25, 0.3) is 0 Å². The Balaban J connectivity index is 2.20. The third-order valence-electron chi connectivity index (χ3n) is 3.52. The first kappa shape index (κ1) is 13.2. The molecule has 1 heterocycles. The normalized spacial score (nSPS) is 16.3. The molecule has 102 valence electrons. The second-order valence-corrected chi connectivity index (χ2v) is 4.80. The van der Waals surface area contributed by atoms with Crippen LogP contribution in [0.5, 0.6) is 0 Å². The highest BCUT2D eigenvalue weighted by atomic mass is 16.1. The van der Waals surface area contributed by atoms with Gasteiger partial charge in [0.2, 0.25) is 5.91 Å². The summed E-state index contributed by atoms with van der Waals surface area (Å²) < 4.78 is 0. The Kier molecular flexibility index (Phi) is 3.59. The molecule has 0 unspecified atom stereocenters. The predicted octanol–water partition coefficient (Wildman–Crippen LogP) is 0.0694. The molecular formula is C13H18N4O2. The summed E-state index contributed by atoms with van der Waals surface area (Å²) in [6, 6.07) is 5.11. The quantitative estimate of drug-likeness (QED) is 0.668. The summed E-state index contributed by atoms with van der Waals surface area (Å²) in [6.07, 6.45) is 1.38. The summed E-state index contributed by atoms with van der Waals surface area (Å²) >= 11 is 0. The van der Waals surface area contributed by atoms with Crippen LogP contribution in [0.3, 0.4) is 0 Å². The fraction of sp³-hybridized carbons (Fsp3) is 0.385. The van der Waals surface area contributed by atoms with E-state index in [2.05, 4.69) is 0 Å². The van der Waals surface area contributed by atoms with Crippen molar-refractivity contribution < 1.29 is 9.59 Å². The summed E-state index contributed by atoms with van der Waals surface area (Å²) in [7, 11) is 0. The van der Waals surface area contributed by atoms with E-state index >= 15 is 0 Å². The number of hydrogen-bond donors (Lipinski definition) is 3. The van der Waals surface area contributed by atoms with E-state index in [1.54, 1.807) is 18.2 Å². The van der Waals surface area contributed by atoms with Crippen LogP contribution in [0.2, 0.25) is 0 Å². The topological polar surface area (TPSA) is 115 Å². The number of nitrogens with zero attached hydrogens (tertiary/aromatic N) is 1. The summed E-state index contributed by atoms with van der Waals surface area (Å²) in [5, 5.41) is 0. The second kappa shape index (κ2) is 5.17. The number of hydrogen-bond acceptors (Lipinski definition) is 4. The van der Waals surface area contributed by atoms with Gasteiger partial charge in [0.25, 0.3) is 5.91 Å². The van der Waals surface area contributed by atoms with Crippen LogP contribution in [-0.4, -0.2) is 24.9 Å². The lowest BCUT2D eigenvalue weighted by Gasteiger charge is -2.33. The zero-order valence-electron chi connectivity index (χ0n) is 10.6. The van der Waals surface area contributed by atoms with Crippen molar-refractivity contribution in [3.8, 4) is 0 Å². The molecular weight excluding hydrogens is 244 g/mol. The van der Waals surface area contributed by atoms with Gasteiger partial charge in [-0.2, -0.15) is 0 Å². The minimum absolute atomic E-state index is 0.0814. The molecule has 0 aromatic heterocycles. The molecule has 0 radical (unpaired) electrons. The first-order valence-electron chi connectivity index (χ1n) is 6.22. The van der Waals surface area contributed by atoms with Gasteiger partial charge in [0.15, 0.2) is 0 Å². The Morgan fingerprint density at radius 3 is 2.32 bits per heavy atom. The van der Waals surface area contributed by atoms with Crippen molar-refractivity contribution >= 4 is 23.2 Å². The van der Waals surface area contributed by atoms with Crippen molar-refractivity contribution in [1.82, 2.24) is 0 Å². The van der Waals surface area contributed by atoms with Crippen molar-refractivity contribution in [2.75, 3.05) is 23.7 Å². The number of nitrogen functional groups attached to an aromatic ring is 1. The average molecular weight is 262 g/mol. The fourth-order valence-corrected chi connectivity index (χ4v) is 2.43. The molecule has 2 rings (SSSR count). The van der Waals surface area contributed by atoms with Gasteiger partial charge in [-0.1, -0.05) is 0 Å². The highest BCUT2D eigenvalue weighted by Crippen LogP contribution is 2.27. The van der Waals surface area contributed by atoms with Gasteiger partial charge < -0.3 is 22.1 Å². The molecule has 0 atom stereocenters. The number of amides is 2. The van der Waals surface area contributed by atoms with E-state index in [4.69, 9.17) is 17.2 Å². The molecule has 19 heavy (non-hydrogen) atoms. The molecule has 0 bridgehead atoms. The molecule has 0 aliphatic carbocycles. The Morgan fingerprint density at radius 2 is 1.79 bits per heavy atom. The van der Waals surface area contributed by atoms with Gasteiger partial charge in [0, 0.05) is 30.4 Å². The number of carbonyl (C=O) groups excluding carboxylic acids is 2. The van der Waals surface area contributed by atoms with Crippen LogP contribution in [0, 0.1) is 5.92 Å². The van der Waals surface area contributed by atoms with E-state index in [-0.39, 0.29) is 11.8 Å². The van der Waals surface area contributed by atoms with Crippen molar-refractivity contribution in [3.05, 3.63) is 23.8 Å². The average Bonchev–Trinajstić information content (AvgIpc) is 2.38. The monoisotopic (exact) mass is 262 g/mol. The van der Waals surface area contributed by atoms with Gasteiger partial charge in [-0.3, -0.25) is 9.59 Å². The van der Waals surface area contributed by atoms with Gasteiger partial charge in [0.1, 0.15) is 0 Å². The Hall–Kier alpha value is -2.24. The molecule has 0 saturated carbocycles. The lowest BCUT2D eigenvalue weighted by molar-refractivity contribution is -0.122. The van der Waals surface area contributed by atoms with E-state index < -0.39 is 5.91 Å². The van der Waals surface area contributed by atoms with Crippen molar-refractivity contribution in [2.24, 2.45) is 17.4 Å². The van der Waals surface area contributed by atoms with E-state index in [0.717, 1.165) is 5.69 Å². The number of nitrogens with two attached hydrogens (primary N) is 3. The predicted molar refractivity (Wildman–Crippen MR) is 73.5 cm³/mol. The number of piperidine rings is 1. The molecule has 0 spiro atoms. The molecule has 6 N–H and O–H groups in total. The van der Waals surface area contributed by atoms with Crippen LogP contribution in [0.4, 0.5) is 11.4 Å². The van der Waals surface area contributed by atoms with Gasteiger partial charge in [0.05, 0.1) is 5.56 Å². The molecule has 1 fully saturated rings. The maximum absolute atomic E-state index is 11.5. The zero-order valence-corrected chi connectivity index (χ0v) is 10.6. The second-order valence-electron chi connectivity index (χ2n) is 4.80. The zero-order chi connectivity index (χ0) is 14.0. The smallest absolute Gasteiger partial charge is 0.250 e. The molecule has 1 aromatic carbocycles. The molecule has 1 aliphatic rings. The Bertz CT molecular complexity index is 507. The van der Waals surface area contributed by atoms with Crippen LogP contribution in [0.1, 0.15) is 23.2 Å². The number of primary amides is 2. The molecule has 1 saturated heterocycles. The Labute approximate surface area is 111 Å². The van der Waals surface area contributed by atoms with Crippen molar-refractivity contribution in [2.45, 2.75) is 12.8 Å². The maximum atomic E-state index is 11.5. The number of rotatable bonds is 3. The minimum Gasteiger partial charge on any atom is -0.399 e. The minimum atomic E-state index is -0.501. The van der Waals surface area contributed by atoms with Crippen LogP contribution < -0.4 is 22.1 Å². The van der Waals surface area contributed by atoms with E-state index in [1.807, 2.05) is 4.90 Å². The van der Waals surface area contributed by atoms with Crippen LogP contribution in [-0.2, 0) is 4.79 Å². The third kappa shape index (κ3) is 2.78. The molecule has 1 aromatic rings. The highest BCUT2D eigenvalue weighted by Gasteiger charge is 2.25. The van der Waals surface area contributed by atoms with Gasteiger partial charge in [-0.15, -0.1) is 0 Å². The van der Waals surface area contributed by atoms with Gasteiger partial charge >= 0.3 is 0 Å². The summed E-state index contributed by atoms with van der Waals surface area (Å²) in [5.74, 6) is -0.839. The van der Waals surface area contributed by atoms with Crippen LogP contribution >= 0.6 is 0 Å². The van der Waals surface area contributed by atoms with Gasteiger partial charge in [-0.05, 0) is 31.0 Å². The SMILES string of the molecule is NC(=O)c1cc(N)ccc1N1CCC(C(N)=O)CC1. The molecule has 2 amide bonds. The van der Waals surface area contributed by atoms with Crippen molar-refractivity contribution in [1.29, 1.82) is 0 Å². The highest BCUT2D eigenvalue weighted by molar-refractivity contribution is 5.99. The maximum Gasteiger partial charge on any atom is 0.250 e. The molecule has 1 aliphatic heterocycles. The lowest BCUT2D eigenvalue weighted by atomic mass is 9.95. The van der Waals surface area contributed by atoms with Crippen molar-refractivity contribution in [3.63, 3.8) is 0 Å². The summed E-state index contributed by atoms with van der Waals surface area (Å²) in [4.78, 5) is 24.6. The summed E-state index contributed by atoms with van der Waals surface area (Å²) in [5.41, 5.74) is 18.0. The number of anilines is 2. The first-order chi connectivity index (χ1) is 8.99. The van der Waals surface area contributed by atoms with E-state index in [0.29, 0.717) is 37.2 Å². The third-order valence-corrected chi connectivity index (χ3v) is 3.52. The molecule has 6 nitrogen and oxygen atoms in total. The Morgan fingerprint density at radius 1 is 1.16 bits per heavy atom. The number of benzene rings is 1. The summed E-state index contributed by atoms with van der Waals surface area (Å²) in [6.45, 7) is 1.36. The van der Waals surface area contributed by atoms with E-state index in [1.165, 1.54) is 0 Å². The standard InChI is InChI=1S/C13H18N4O2/c14-9-1-2-11(10(7-9)13(16)19)17-5-3-8(4-6-17)12(15)18/h1-2,7-8H,3-6,14H2,(H2,15,18)(H2,16,19). The fourth-order valence-electron chi connectivity index (χ4n) is 2.43. The lowest BCUT2D eigenvalue weighted by Crippen LogP contribution is -2.39. The van der Waals surface area contributed by atoms with E-state index in [9.17, 15) is 9.59 Å². The van der Waals surface area contributed by atoms with Gasteiger partial charge in [-0.25, -0.2) is 0 Å².